The van der Waals surface area contributed by atoms with Crippen molar-refractivity contribution in [1.29, 1.82) is 0 Å². The second kappa shape index (κ2) is 10.2. The maximum atomic E-state index is 11.6. The normalized spacial score (nSPS) is 16.0. The highest BCUT2D eigenvalue weighted by Gasteiger charge is 2.32. The van der Waals surface area contributed by atoms with Gasteiger partial charge in [0.2, 0.25) is 0 Å². The van der Waals surface area contributed by atoms with E-state index in [1.165, 1.54) is 17.4 Å². The zero-order valence-corrected chi connectivity index (χ0v) is 16.1. The number of carboxylic acid groups (broad SMARTS) is 1. The number of nitrogens with two attached hydrogens (primary N) is 2. The Morgan fingerprint density at radius 2 is 2.21 bits per heavy atom. The molecule has 0 radical (unpaired) electrons. The van der Waals surface area contributed by atoms with Gasteiger partial charge in [0, 0.05) is 32.0 Å². The largest absolute Gasteiger partial charge is 0.507 e. The van der Waals surface area contributed by atoms with E-state index in [-0.39, 0.29) is 35.8 Å². The summed E-state index contributed by atoms with van der Waals surface area (Å²) in [6, 6.07) is 3.02. The molecule has 0 spiro atoms. The molecule has 1 saturated heterocycles. The first-order valence-corrected chi connectivity index (χ1v) is 9.40. The van der Waals surface area contributed by atoms with Crippen LogP contribution in [0.4, 0.5) is 0 Å². The lowest BCUT2D eigenvalue weighted by atomic mass is 9.75. The molecule has 10 heteroatoms. The minimum atomic E-state index is -1.21. The Bertz CT molecular complexity index is 697. The minimum Gasteiger partial charge on any atom is -0.507 e. The van der Waals surface area contributed by atoms with E-state index >= 15 is 0 Å². The van der Waals surface area contributed by atoms with Crippen LogP contribution in [0.25, 0.3) is 0 Å². The molecule has 7 N–H and O–H groups in total. The first-order valence-electron chi connectivity index (χ1n) is 9.40. The van der Waals surface area contributed by atoms with Gasteiger partial charge < -0.3 is 30.8 Å². The molecule has 1 atom stereocenters. The van der Waals surface area contributed by atoms with Crippen LogP contribution in [0.2, 0.25) is 13.1 Å². The van der Waals surface area contributed by atoms with Gasteiger partial charge in [-0.3, -0.25) is 4.90 Å². The number of aromatic hydroxyl groups is 1. The number of hydrazine groups is 1. The highest BCUT2D eigenvalue weighted by atomic mass is 16.5. The summed E-state index contributed by atoms with van der Waals surface area (Å²) in [5.74, 6) is 4.53. The van der Waals surface area contributed by atoms with Crippen LogP contribution < -0.4 is 16.3 Å². The van der Waals surface area contributed by atoms with Crippen LogP contribution in [0.5, 0.6) is 11.5 Å². The number of aliphatic hydroxyl groups is 1. The van der Waals surface area contributed by atoms with Crippen LogP contribution in [-0.2, 0) is 6.42 Å². The Kier molecular flexibility index (Phi) is 7.97. The maximum Gasteiger partial charge on any atom is 0.343 e. The number of benzene rings is 1. The fourth-order valence-electron chi connectivity index (χ4n) is 3.18. The Morgan fingerprint density at radius 1 is 1.50 bits per heavy atom. The van der Waals surface area contributed by atoms with Crippen molar-refractivity contribution in [3.63, 3.8) is 0 Å². The van der Waals surface area contributed by atoms with Gasteiger partial charge in [0.15, 0.2) is 0 Å². The monoisotopic (exact) mass is 392 g/mol. The van der Waals surface area contributed by atoms with Gasteiger partial charge in [0.05, 0.1) is 12.6 Å². The molecule has 0 amide bonds. The average Bonchev–Trinajstić information content (AvgIpc) is 2.62. The van der Waals surface area contributed by atoms with Crippen molar-refractivity contribution in [3.8, 4) is 11.5 Å². The Labute approximate surface area is 165 Å². The van der Waals surface area contributed by atoms with Crippen molar-refractivity contribution in [2.75, 3.05) is 26.2 Å². The van der Waals surface area contributed by atoms with Gasteiger partial charge in [0.1, 0.15) is 30.4 Å². The molecule has 1 heterocycles. The smallest absolute Gasteiger partial charge is 0.343 e. The number of likely N-dealkylation sites (tertiary alicyclic amines) is 1. The zero-order valence-electron chi connectivity index (χ0n) is 16.1. The van der Waals surface area contributed by atoms with E-state index in [0.29, 0.717) is 31.6 Å². The molecule has 1 aliphatic rings. The molecule has 28 heavy (non-hydrogen) atoms. The van der Waals surface area contributed by atoms with Crippen molar-refractivity contribution in [2.45, 2.75) is 31.7 Å². The predicted octanol–water partition coefficient (Wildman–Crippen LogP) is -0.435. The van der Waals surface area contributed by atoms with Gasteiger partial charge in [-0.15, -0.1) is 0 Å². The van der Waals surface area contributed by atoms with Crippen LogP contribution in [0.3, 0.4) is 0 Å². The van der Waals surface area contributed by atoms with E-state index in [9.17, 15) is 20.1 Å². The fraction of sp³-hybridized carbons (Fsp3) is 0.500. The highest BCUT2D eigenvalue weighted by molar-refractivity contribution is 6.33. The topological polar surface area (TPSA) is 146 Å². The molecule has 1 aromatic rings. The molecule has 0 aromatic heterocycles. The van der Waals surface area contributed by atoms with Crippen molar-refractivity contribution < 1.29 is 24.9 Å². The number of phenols is 1. The number of ether oxygens (including phenoxy) is 1. The summed E-state index contributed by atoms with van der Waals surface area (Å²) in [5, 5.41) is 30.7. The van der Waals surface area contributed by atoms with Crippen molar-refractivity contribution in [3.05, 3.63) is 35.7 Å². The summed E-state index contributed by atoms with van der Waals surface area (Å²) in [6.07, 6.45) is 4.07. The van der Waals surface area contributed by atoms with Crippen LogP contribution in [-0.4, -0.2) is 76.9 Å². The van der Waals surface area contributed by atoms with Gasteiger partial charge in [-0.25, -0.2) is 10.6 Å². The lowest BCUT2D eigenvalue weighted by Gasteiger charge is -2.41. The van der Waals surface area contributed by atoms with Crippen molar-refractivity contribution in [2.24, 2.45) is 11.6 Å². The average molecular weight is 392 g/mol. The number of nitrogens with zero attached hydrogens (tertiary/aromatic N) is 2. The van der Waals surface area contributed by atoms with E-state index in [1.54, 1.807) is 12.1 Å². The van der Waals surface area contributed by atoms with Gasteiger partial charge in [0.25, 0.3) is 0 Å². The van der Waals surface area contributed by atoms with E-state index < -0.39 is 5.97 Å². The fourth-order valence-corrected chi connectivity index (χ4v) is 3.18. The number of carboxylic acids is 1. The Hall–Kier alpha value is -2.43. The minimum absolute atomic E-state index is 0.126. The van der Waals surface area contributed by atoms with E-state index in [0.717, 1.165) is 13.6 Å². The summed E-state index contributed by atoms with van der Waals surface area (Å²) in [6.45, 7) is 3.55. The quantitative estimate of drug-likeness (QED) is 0.192. The summed E-state index contributed by atoms with van der Waals surface area (Å²) in [5.41, 5.74) is 5.73. The lowest BCUT2D eigenvalue weighted by molar-refractivity contribution is -0.00250. The second-order valence-electron chi connectivity index (χ2n) is 6.94. The molecule has 1 aromatic carbocycles. The van der Waals surface area contributed by atoms with Crippen LogP contribution >= 0.6 is 0 Å². The molecule has 1 aliphatic heterocycles. The summed E-state index contributed by atoms with van der Waals surface area (Å²) in [7, 11) is 0.953. The van der Waals surface area contributed by atoms with Gasteiger partial charge in [-0.05, 0) is 18.1 Å². The lowest BCUT2D eigenvalue weighted by Crippen LogP contribution is -2.58. The van der Waals surface area contributed by atoms with Crippen LogP contribution in [0.15, 0.2) is 24.5 Å². The third-order valence-electron chi connectivity index (χ3n) is 4.81. The first-order chi connectivity index (χ1) is 13.4. The SMILES string of the molecule is CBCCc1ccc(OC2CN(CC(CO)N(N)/C=C\N)C2)c(C(=O)O)c1O. The van der Waals surface area contributed by atoms with Gasteiger partial charge in [-0.2, -0.15) is 0 Å². The molecule has 0 aliphatic carbocycles. The maximum absolute atomic E-state index is 11.6. The number of aryl methyl sites for hydroxylation is 1. The van der Waals surface area contributed by atoms with E-state index in [4.69, 9.17) is 16.3 Å². The number of hydrogen-bond donors (Lipinski definition) is 5. The summed E-state index contributed by atoms with van der Waals surface area (Å²) < 4.78 is 5.81. The number of carbonyl (C=O) groups is 1. The molecular weight excluding hydrogens is 363 g/mol. The Morgan fingerprint density at radius 3 is 2.79 bits per heavy atom. The number of aliphatic hydroxyl groups excluding tert-OH is 1. The first kappa shape index (κ1) is 21.9. The van der Waals surface area contributed by atoms with E-state index in [2.05, 4.69) is 0 Å². The van der Waals surface area contributed by atoms with Crippen LogP contribution in [0, 0.1) is 0 Å². The van der Waals surface area contributed by atoms with Gasteiger partial charge >= 0.3 is 5.97 Å². The van der Waals surface area contributed by atoms with Gasteiger partial charge in [-0.1, -0.05) is 19.2 Å². The molecule has 0 bridgehead atoms. The van der Waals surface area contributed by atoms with Crippen molar-refractivity contribution in [1.82, 2.24) is 9.91 Å². The molecule has 0 saturated carbocycles. The Balaban J connectivity index is 1.98. The van der Waals surface area contributed by atoms with E-state index in [1.807, 2.05) is 11.7 Å². The molecular formula is C18H29BN4O5. The number of hydrogen-bond acceptors (Lipinski definition) is 8. The predicted molar refractivity (Wildman–Crippen MR) is 108 cm³/mol. The standard InChI is InChI=1S/C18H29BN4O5/c1-19-5-4-12-2-3-15(16(17(12)25)18(26)27)28-14-9-22(10-14)8-13(11-24)23(21)7-6-20/h2-3,6-7,13-14,19,24-25H,4-5,8-11,20-21H2,1H3,(H,26,27)/b7-6-. The third kappa shape index (κ3) is 5.31. The molecule has 1 fully saturated rings. The van der Waals surface area contributed by atoms with Crippen molar-refractivity contribution >= 4 is 13.2 Å². The summed E-state index contributed by atoms with van der Waals surface area (Å²) >= 11 is 0. The second-order valence-corrected chi connectivity index (χ2v) is 6.94. The molecule has 9 nitrogen and oxygen atoms in total. The van der Waals surface area contributed by atoms with Crippen LogP contribution in [0.1, 0.15) is 15.9 Å². The number of aromatic carboxylic acids is 1. The molecule has 154 valence electrons. The summed E-state index contributed by atoms with van der Waals surface area (Å²) in [4.78, 5) is 13.7. The third-order valence-corrected chi connectivity index (χ3v) is 4.81. The molecule has 2 rings (SSSR count). The number of rotatable bonds is 11. The highest BCUT2D eigenvalue weighted by Crippen LogP contribution is 2.33. The molecule has 1 unspecified atom stereocenters. The zero-order chi connectivity index (χ0) is 20.7.